The Morgan fingerprint density at radius 1 is 0.913 bits per heavy atom. The van der Waals surface area contributed by atoms with Crippen molar-refractivity contribution in [2.24, 2.45) is 0 Å². The molecule has 2 atom stereocenters. The van der Waals surface area contributed by atoms with Crippen LogP contribution in [0, 0.1) is 6.92 Å². The molecule has 0 unspecified atom stereocenters. The van der Waals surface area contributed by atoms with Gasteiger partial charge in [-0.3, -0.25) is 9.88 Å². The monoisotopic (exact) mass is 681 g/mol. The molecule has 4 rings (SSSR count). The van der Waals surface area contributed by atoms with E-state index < -0.39 is 36.4 Å². The number of carboxylic acid groups (broad SMARTS) is 3. The number of aromatic nitrogens is 2. The highest BCUT2D eigenvalue weighted by Crippen LogP contribution is 2.36. The van der Waals surface area contributed by atoms with E-state index in [0.717, 1.165) is 50.3 Å². The van der Waals surface area contributed by atoms with E-state index in [1.165, 1.54) is 0 Å². The van der Waals surface area contributed by atoms with Crippen LogP contribution in [0.2, 0.25) is 0 Å². The number of aliphatic carboxylic acids is 3. The fourth-order valence-electron chi connectivity index (χ4n) is 3.99. The lowest BCUT2D eigenvalue weighted by molar-refractivity contribution is -0.193. The molecule has 4 heterocycles. The molecule has 2 aliphatic rings. The molecule has 11 nitrogen and oxygen atoms in total. The average molecular weight is 682 g/mol. The fraction of sp³-hybridized carbons (Fsp3) is 0.500. The number of ether oxygens (including phenoxy) is 2. The second-order valence-corrected chi connectivity index (χ2v) is 9.60. The van der Waals surface area contributed by atoms with Crippen LogP contribution in [0.4, 0.5) is 39.5 Å². The van der Waals surface area contributed by atoms with Gasteiger partial charge in [0.1, 0.15) is 6.10 Å². The predicted molar refractivity (Wildman–Crippen MR) is 137 cm³/mol. The van der Waals surface area contributed by atoms with Crippen molar-refractivity contribution in [1.82, 2.24) is 14.9 Å². The van der Waals surface area contributed by atoms with Gasteiger partial charge in [-0.1, -0.05) is 12.1 Å². The summed E-state index contributed by atoms with van der Waals surface area (Å²) in [7, 11) is 0. The molecule has 20 heteroatoms. The Morgan fingerprint density at radius 2 is 1.46 bits per heavy atom. The van der Waals surface area contributed by atoms with Crippen LogP contribution < -0.4 is 4.74 Å². The number of hydrogen-bond acceptors (Lipinski definition) is 8. The van der Waals surface area contributed by atoms with Gasteiger partial charge in [0.05, 0.1) is 17.9 Å². The van der Waals surface area contributed by atoms with Crippen LogP contribution in [0.15, 0.2) is 42.6 Å². The number of halogens is 9. The van der Waals surface area contributed by atoms with Gasteiger partial charge in [-0.05, 0) is 44.5 Å². The Bertz CT molecular complexity index is 1220. The predicted octanol–water partition coefficient (Wildman–Crippen LogP) is 4.89. The maximum atomic E-state index is 10.6. The molecule has 2 aliphatic heterocycles. The summed E-state index contributed by atoms with van der Waals surface area (Å²) in [6, 6.07) is 12.0. The molecule has 2 saturated heterocycles. The molecule has 0 radical (unpaired) electrons. The number of carbonyl (C=O) groups is 3. The first kappa shape index (κ1) is 39.8. The molecule has 3 N–H and O–H groups in total. The molecule has 0 saturated carbocycles. The van der Waals surface area contributed by atoms with Crippen molar-refractivity contribution in [1.29, 1.82) is 0 Å². The second kappa shape index (κ2) is 16.9. The third-order valence-electron chi connectivity index (χ3n) is 5.78. The van der Waals surface area contributed by atoms with E-state index in [-0.39, 0.29) is 11.7 Å². The van der Waals surface area contributed by atoms with Gasteiger partial charge in [0.15, 0.2) is 0 Å². The number of rotatable bonds is 4. The Balaban J connectivity index is 0.000000413. The molecule has 0 aromatic carbocycles. The summed E-state index contributed by atoms with van der Waals surface area (Å²) in [4.78, 5) is 38.1. The van der Waals surface area contributed by atoms with E-state index in [2.05, 4.69) is 27.0 Å². The zero-order valence-corrected chi connectivity index (χ0v) is 23.7. The van der Waals surface area contributed by atoms with E-state index in [4.69, 9.17) is 39.2 Å². The second-order valence-electron chi connectivity index (χ2n) is 9.60. The Labute approximate surface area is 254 Å². The summed E-state index contributed by atoms with van der Waals surface area (Å²) in [5.74, 6) is -7.59. The van der Waals surface area contributed by atoms with Crippen molar-refractivity contribution in [2.75, 3.05) is 19.7 Å². The number of hydrogen-bond donors (Lipinski definition) is 3. The van der Waals surface area contributed by atoms with Gasteiger partial charge >= 0.3 is 36.4 Å². The minimum atomic E-state index is -5.08. The van der Waals surface area contributed by atoms with Crippen molar-refractivity contribution < 1.29 is 78.7 Å². The molecule has 46 heavy (non-hydrogen) atoms. The van der Waals surface area contributed by atoms with Crippen molar-refractivity contribution in [3.8, 4) is 5.88 Å². The molecule has 2 aromatic rings. The minimum Gasteiger partial charge on any atom is -0.475 e. The number of carboxylic acids is 3. The molecule has 1 spiro atoms. The molecule has 258 valence electrons. The van der Waals surface area contributed by atoms with E-state index in [0.29, 0.717) is 12.5 Å². The van der Waals surface area contributed by atoms with Gasteiger partial charge in [-0.25, -0.2) is 19.4 Å². The van der Waals surface area contributed by atoms with Crippen LogP contribution in [0.25, 0.3) is 0 Å². The topological polar surface area (TPSA) is 159 Å². The first-order chi connectivity index (χ1) is 21.0. The van der Waals surface area contributed by atoms with E-state index in [1.807, 2.05) is 31.2 Å². The quantitative estimate of drug-likeness (QED) is 0.378. The summed E-state index contributed by atoms with van der Waals surface area (Å²) < 4.78 is 107. The number of nitrogens with zero attached hydrogens (tertiary/aromatic N) is 3. The highest BCUT2D eigenvalue weighted by Gasteiger charge is 2.44. The van der Waals surface area contributed by atoms with Crippen LogP contribution in [0.3, 0.4) is 0 Å². The van der Waals surface area contributed by atoms with Crippen molar-refractivity contribution in [3.05, 3.63) is 54.0 Å². The largest absolute Gasteiger partial charge is 0.490 e. The van der Waals surface area contributed by atoms with Crippen LogP contribution >= 0.6 is 0 Å². The minimum absolute atomic E-state index is 0.0818. The fourth-order valence-corrected chi connectivity index (χ4v) is 3.99. The summed E-state index contributed by atoms with van der Waals surface area (Å²) in [6.07, 6.45) is -10.2. The molecule has 0 amide bonds. The number of piperidine rings is 1. The maximum Gasteiger partial charge on any atom is 0.490 e. The van der Waals surface area contributed by atoms with Crippen LogP contribution in [-0.4, -0.2) is 98.0 Å². The van der Waals surface area contributed by atoms with E-state index >= 15 is 0 Å². The number of alkyl halides is 9. The normalized spacial score (nSPS) is 19.7. The molecule has 2 aromatic heterocycles. The van der Waals surface area contributed by atoms with E-state index in [9.17, 15) is 39.5 Å². The Hall–Kier alpha value is -4.20. The van der Waals surface area contributed by atoms with Crippen LogP contribution in [0.1, 0.15) is 30.7 Å². The highest BCUT2D eigenvalue weighted by atomic mass is 19.4. The van der Waals surface area contributed by atoms with Gasteiger partial charge in [-0.2, -0.15) is 39.5 Å². The summed E-state index contributed by atoms with van der Waals surface area (Å²) >= 11 is 0. The van der Waals surface area contributed by atoms with Crippen molar-refractivity contribution >= 4 is 17.9 Å². The number of aryl methyl sites for hydroxylation is 1. The van der Waals surface area contributed by atoms with Gasteiger partial charge < -0.3 is 24.8 Å². The van der Waals surface area contributed by atoms with Crippen molar-refractivity contribution in [2.45, 2.75) is 63.0 Å². The average Bonchev–Trinajstić information content (AvgIpc) is 3.29. The molecule has 2 fully saturated rings. The van der Waals surface area contributed by atoms with Crippen LogP contribution in [0.5, 0.6) is 5.88 Å². The number of likely N-dealkylation sites (tertiary alicyclic amines) is 1. The van der Waals surface area contributed by atoms with Gasteiger partial charge in [0.25, 0.3) is 0 Å². The third kappa shape index (κ3) is 15.2. The Kier molecular flexibility index (Phi) is 14.6. The summed E-state index contributed by atoms with van der Waals surface area (Å²) in [5.41, 5.74) is 2.13. The molecular formula is C26H28F9N3O8. The zero-order valence-electron chi connectivity index (χ0n) is 23.7. The molecule has 0 bridgehead atoms. The zero-order chi connectivity index (χ0) is 35.3. The summed E-state index contributed by atoms with van der Waals surface area (Å²) in [6.45, 7) is 5.63. The first-order valence-electron chi connectivity index (χ1n) is 12.8. The van der Waals surface area contributed by atoms with Crippen molar-refractivity contribution in [3.63, 3.8) is 0 Å². The van der Waals surface area contributed by atoms with E-state index in [1.54, 1.807) is 6.20 Å². The Morgan fingerprint density at radius 3 is 1.91 bits per heavy atom. The number of pyridine rings is 2. The van der Waals surface area contributed by atoms with Gasteiger partial charge in [0, 0.05) is 37.5 Å². The van der Waals surface area contributed by atoms with Crippen LogP contribution in [-0.2, 0) is 25.7 Å². The van der Waals surface area contributed by atoms with Gasteiger partial charge in [-0.15, -0.1) is 0 Å². The lowest BCUT2D eigenvalue weighted by atomic mass is 9.89. The molecular weight excluding hydrogens is 653 g/mol. The standard InChI is InChI=1S/C20H25N3O2.3C2HF3O2/c1-16-6-4-7-17(22-16)13-23-11-5-9-20(15-23)12-18(14-24-20)25-19-8-2-3-10-21-19;3*3-2(4,5)1(6)7/h2-4,6-8,10,18H,5,9,11-15H2,1H3;3*(H,6,7)/t18-,20+;;;/m1.../s1. The van der Waals surface area contributed by atoms with Gasteiger partial charge in [0.2, 0.25) is 5.88 Å². The maximum absolute atomic E-state index is 10.6. The highest BCUT2D eigenvalue weighted by molar-refractivity contribution is 5.73. The lowest BCUT2D eigenvalue weighted by Crippen LogP contribution is -2.47. The smallest absolute Gasteiger partial charge is 0.475 e. The SMILES string of the molecule is Cc1cccc(CN2CCC[C@]3(C[C@@H](Oc4ccccn4)CO3)C2)n1.O=C(O)C(F)(F)F.O=C(O)C(F)(F)F.O=C(O)C(F)(F)F. The lowest BCUT2D eigenvalue weighted by Gasteiger charge is -2.39. The first-order valence-corrected chi connectivity index (χ1v) is 12.8. The third-order valence-corrected chi connectivity index (χ3v) is 5.78. The molecule has 0 aliphatic carbocycles. The summed E-state index contributed by atoms with van der Waals surface area (Å²) in [5, 5.41) is 21.4.